The number of nitrogens with zero attached hydrogens (tertiary/aromatic N) is 2. The summed E-state index contributed by atoms with van der Waals surface area (Å²) in [5.74, 6) is -1.05. The van der Waals surface area contributed by atoms with Crippen LogP contribution in [0, 0.1) is 6.92 Å². The number of amides is 1. The van der Waals surface area contributed by atoms with Crippen molar-refractivity contribution in [2.75, 3.05) is 11.6 Å². The maximum absolute atomic E-state index is 11.9. The van der Waals surface area contributed by atoms with E-state index in [2.05, 4.69) is 10.4 Å². The topological polar surface area (TPSA) is 92.9 Å². The highest BCUT2D eigenvalue weighted by atomic mass is 32.2. The predicted molar refractivity (Wildman–Crippen MR) is 86.4 cm³/mol. The zero-order valence-corrected chi connectivity index (χ0v) is 14.5. The Hall–Kier alpha value is -1.74. The van der Waals surface area contributed by atoms with Gasteiger partial charge in [-0.3, -0.25) is 5.32 Å². The molecule has 0 saturated heterocycles. The molecular weight excluding hydrogens is 326 g/mol. The zero-order valence-electron chi connectivity index (χ0n) is 12.9. The molecule has 22 heavy (non-hydrogen) atoms. The minimum absolute atomic E-state index is 0.104. The molecule has 0 aliphatic rings. The molecular formula is C13H17N3O4S2. The molecule has 0 aromatic carbocycles. The first-order chi connectivity index (χ1) is 10.1. The molecule has 7 nitrogen and oxygen atoms in total. The molecule has 0 fully saturated rings. The number of carboxylic acid groups (broad SMARTS) is 1. The van der Waals surface area contributed by atoms with Crippen LogP contribution in [0.5, 0.6) is 0 Å². The lowest BCUT2D eigenvalue weighted by atomic mass is 10.2. The van der Waals surface area contributed by atoms with Crippen LogP contribution in [0.4, 0.5) is 10.5 Å². The van der Waals surface area contributed by atoms with Crippen LogP contribution in [0.2, 0.25) is 0 Å². The van der Waals surface area contributed by atoms with Crippen molar-refractivity contribution in [2.45, 2.75) is 37.5 Å². The van der Waals surface area contributed by atoms with E-state index in [-0.39, 0.29) is 5.69 Å². The van der Waals surface area contributed by atoms with E-state index in [9.17, 15) is 14.7 Å². The minimum atomic E-state index is -1.05. The van der Waals surface area contributed by atoms with Gasteiger partial charge in [-0.2, -0.15) is 5.10 Å². The maximum atomic E-state index is 11.9. The monoisotopic (exact) mass is 343 g/mol. The van der Waals surface area contributed by atoms with E-state index in [1.54, 1.807) is 34.0 Å². The van der Waals surface area contributed by atoms with Crippen LogP contribution in [0.1, 0.15) is 37.0 Å². The summed E-state index contributed by atoms with van der Waals surface area (Å²) in [5.41, 5.74) is 0.498. The summed E-state index contributed by atoms with van der Waals surface area (Å²) in [6.45, 7) is 7.02. The van der Waals surface area contributed by atoms with Gasteiger partial charge in [-0.05, 0) is 34.0 Å². The molecule has 9 heteroatoms. The minimum Gasteiger partial charge on any atom is -0.476 e. The van der Waals surface area contributed by atoms with Gasteiger partial charge in [0.05, 0.1) is 9.90 Å². The molecule has 0 saturated carbocycles. The average Bonchev–Trinajstić information content (AvgIpc) is 2.84. The Bertz CT molecular complexity index is 743. The number of rotatable bonds is 3. The fourth-order valence-electron chi connectivity index (χ4n) is 1.84. The van der Waals surface area contributed by atoms with E-state index in [1.807, 2.05) is 0 Å². The number of thiazole rings is 1. The SMILES string of the molecule is CSc1sc2c(NC(=O)OC(C)(C)C)c(C)nn2c1C(=O)O. The van der Waals surface area contributed by atoms with Crippen molar-refractivity contribution >= 4 is 45.7 Å². The molecule has 0 spiro atoms. The van der Waals surface area contributed by atoms with Crippen LogP contribution in [0.15, 0.2) is 4.21 Å². The van der Waals surface area contributed by atoms with E-state index < -0.39 is 17.7 Å². The number of fused-ring (bicyclic) bond motifs is 1. The largest absolute Gasteiger partial charge is 0.476 e. The van der Waals surface area contributed by atoms with Crippen molar-refractivity contribution < 1.29 is 19.4 Å². The lowest BCUT2D eigenvalue weighted by Crippen LogP contribution is -2.27. The van der Waals surface area contributed by atoms with Crippen LogP contribution in [-0.4, -0.2) is 38.6 Å². The highest BCUT2D eigenvalue weighted by Crippen LogP contribution is 2.36. The zero-order chi connectivity index (χ0) is 16.7. The number of thioether (sulfide) groups is 1. The number of anilines is 1. The van der Waals surface area contributed by atoms with E-state index in [1.165, 1.54) is 27.6 Å². The second kappa shape index (κ2) is 5.81. The third kappa shape index (κ3) is 3.20. The first-order valence-electron chi connectivity index (χ1n) is 6.43. The summed E-state index contributed by atoms with van der Waals surface area (Å²) in [6, 6.07) is 0. The molecule has 2 rings (SSSR count). The third-order valence-corrected chi connectivity index (χ3v) is 4.89. The lowest BCUT2D eigenvalue weighted by molar-refractivity contribution is 0.0634. The van der Waals surface area contributed by atoms with Crippen molar-refractivity contribution in [2.24, 2.45) is 0 Å². The van der Waals surface area contributed by atoms with E-state index >= 15 is 0 Å². The lowest BCUT2D eigenvalue weighted by Gasteiger charge is -2.19. The molecule has 2 N–H and O–H groups in total. The van der Waals surface area contributed by atoms with Crippen LogP contribution in [-0.2, 0) is 4.74 Å². The molecule has 0 unspecified atom stereocenters. The quantitative estimate of drug-likeness (QED) is 0.829. The van der Waals surface area contributed by atoms with E-state index in [0.29, 0.717) is 20.4 Å². The molecule has 1 amide bonds. The van der Waals surface area contributed by atoms with Gasteiger partial charge >= 0.3 is 12.1 Å². The van der Waals surface area contributed by atoms with Crippen molar-refractivity contribution in [1.82, 2.24) is 9.61 Å². The summed E-state index contributed by atoms with van der Waals surface area (Å²) < 4.78 is 7.20. The Kier molecular flexibility index (Phi) is 4.39. The second-order valence-corrected chi connectivity index (χ2v) is 7.63. The number of carbonyl (C=O) groups excluding carboxylic acids is 1. The number of hydrogen-bond donors (Lipinski definition) is 2. The third-order valence-electron chi connectivity index (χ3n) is 2.63. The van der Waals surface area contributed by atoms with Gasteiger partial charge in [0.25, 0.3) is 0 Å². The van der Waals surface area contributed by atoms with Gasteiger partial charge in [-0.1, -0.05) is 0 Å². The summed E-state index contributed by atoms with van der Waals surface area (Å²) >= 11 is 2.60. The Morgan fingerprint density at radius 3 is 2.55 bits per heavy atom. The van der Waals surface area contributed by atoms with Gasteiger partial charge in [0.2, 0.25) is 0 Å². The first kappa shape index (κ1) is 16.6. The van der Waals surface area contributed by atoms with Gasteiger partial charge in [0.1, 0.15) is 16.1 Å². The smallest absolute Gasteiger partial charge is 0.412 e. The number of aryl methyl sites for hydroxylation is 1. The number of ether oxygens (including phenoxy) is 1. The number of carbonyl (C=O) groups is 2. The summed E-state index contributed by atoms with van der Waals surface area (Å²) in [7, 11) is 0. The summed E-state index contributed by atoms with van der Waals surface area (Å²) in [5, 5.41) is 16.2. The van der Waals surface area contributed by atoms with Crippen molar-refractivity contribution in [1.29, 1.82) is 0 Å². The molecule has 0 aliphatic carbocycles. The van der Waals surface area contributed by atoms with Crippen molar-refractivity contribution in [3.63, 3.8) is 0 Å². The molecule has 0 atom stereocenters. The Balaban J connectivity index is 2.45. The standard InChI is InChI=1S/C13H17N3O4S2/c1-6-7(14-12(19)20-13(2,3)4)9-16(15-6)8(10(17)18)11(21-5)22-9/h1-5H3,(H,14,19)(H,17,18). The van der Waals surface area contributed by atoms with Gasteiger partial charge in [-0.15, -0.1) is 23.1 Å². The van der Waals surface area contributed by atoms with Gasteiger partial charge < -0.3 is 9.84 Å². The van der Waals surface area contributed by atoms with Gasteiger partial charge in [-0.25, -0.2) is 14.1 Å². The van der Waals surface area contributed by atoms with E-state index in [0.717, 1.165) is 0 Å². The molecule has 0 radical (unpaired) electrons. The summed E-state index contributed by atoms with van der Waals surface area (Å²) in [4.78, 5) is 23.9. The Labute approximate surface area is 135 Å². The number of aromatic nitrogens is 2. The number of nitrogens with one attached hydrogen (secondary N) is 1. The number of hydrogen-bond acceptors (Lipinski definition) is 6. The molecule has 2 aromatic heterocycles. The van der Waals surface area contributed by atoms with Crippen LogP contribution in [0.25, 0.3) is 4.83 Å². The van der Waals surface area contributed by atoms with Crippen LogP contribution in [0.3, 0.4) is 0 Å². The van der Waals surface area contributed by atoms with Crippen LogP contribution >= 0.6 is 23.1 Å². The number of carboxylic acids is 1. The Morgan fingerprint density at radius 1 is 1.41 bits per heavy atom. The normalized spacial score (nSPS) is 11.7. The highest BCUT2D eigenvalue weighted by molar-refractivity contribution is 8.00. The number of aromatic carboxylic acids is 1. The fourth-order valence-corrected chi connectivity index (χ4v) is 3.74. The predicted octanol–water partition coefficient (Wildman–Crippen LogP) is 3.47. The molecule has 120 valence electrons. The molecule has 2 aromatic rings. The van der Waals surface area contributed by atoms with E-state index in [4.69, 9.17) is 4.74 Å². The first-order valence-corrected chi connectivity index (χ1v) is 8.47. The van der Waals surface area contributed by atoms with Crippen molar-refractivity contribution in [3.05, 3.63) is 11.4 Å². The summed E-state index contributed by atoms with van der Waals surface area (Å²) in [6.07, 6.45) is 1.20. The fraction of sp³-hybridized carbons (Fsp3) is 0.462. The molecule has 0 bridgehead atoms. The Morgan fingerprint density at radius 2 is 2.05 bits per heavy atom. The van der Waals surface area contributed by atoms with Crippen molar-refractivity contribution in [3.8, 4) is 0 Å². The van der Waals surface area contributed by atoms with Gasteiger partial charge in [0.15, 0.2) is 5.69 Å². The maximum Gasteiger partial charge on any atom is 0.412 e. The molecule has 0 aliphatic heterocycles. The van der Waals surface area contributed by atoms with Gasteiger partial charge in [0, 0.05) is 0 Å². The van der Waals surface area contributed by atoms with Crippen LogP contribution < -0.4 is 5.32 Å². The highest BCUT2D eigenvalue weighted by Gasteiger charge is 2.25. The average molecular weight is 343 g/mol. The second-order valence-electron chi connectivity index (χ2n) is 5.55. The molecule has 2 heterocycles.